The number of halogens is 4. The predicted molar refractivity (Wildman–Crippen MR) is 134 cm³/mol. The summed E-state index contributed by atoms with van der Waals surface area (Å²) in [4.78, 5) is 21.8. The van der Waals surface area contributed by atoms with Crippen molar-refractivity contribution in [1.82, 2.24) is 9.88 Å². The lowest BCUT2D eigenvalue weighted by molar-refractivity contribution is -0.138. The van der Waals surface area contributed by atoms with E-state index in [1.165, 1.54) is 35.2 Å². The molecule has 0 radical (unpaired) electrons. The predicted octanol–water partition coefficient (Wildman–Crippen LogP) is 5.18. The highest BCUT2D eigenvalue weighted by atomic mass is 19.4. The summed E-state index contributed by atoms with van der Waals surface area (Å²) in [6, 6.07) is 10.8. The number of hydrogen-bond acceptors (Lipinski definition) is 5. The summed E-state index contributed by atoms with van der Waals surface area (Å²) in [6.45, 7) is 1.69. The Morgan fingerprint density at radius 1 is 1.11 bits per heavy atom. The SMILES string of the molecule is O=C(c1ccccc1C(F)(F)F)N(Cc1cc2ccc(F)cc2nc1N1CCC(O)CC1)CC1CCCO1. The lowest BCUT2D eigenvalue weighted by Gasteiger charge is -2.33. The number of hydrogen-bond donors (Lipinski definition) is 1. The zero-order valence-electron chi connectivity index (χ0n) is 20.8. The van der Waals surface area contributed by atoms with Crippen LogP contribution in [0.15, 0.2) is 48.5 Å². The lowest BCUT2D eigenvalue weighted by Crippen LogP contribution is -2.40. The third-order valence-electron chi connectivity index (χ3n) is 7.16. The van der Waals surface area contributed by atoms with Gasteiger partial charge in [-0.05, 0) is 56.0 Å². The molecule has 0 saturated carbocycles. The van der Waals surface area contributed by atoms with Crippen molar-refractivity contribution in [3.05, 3.63) is 71.0 Å². The molecule has 38 heavy (non-hydrogen) atoms. The van der Waals surface area contributed by atoms with E-state index in [0.29, 0.717) is 61.2 Å². The van der Waals surface area contributed by atoms with Gasteiger partial charge in [-0.3, -0.25) is 4.79 Å². The number of rotatable bonds is 6. The molecule has 1 aromatic heterocycles. The number of benzene rings is 2. The minimum Gasteiger partial charge on any atom is -0.393 e. The van der Waals surface area contributed by atoms with Crippen molar-refractivity contribution in [3.8, 4) is 0 Å². The molecule has 1 unspecified atom stereocenters. The molecule has 2 aliphatic rings. The summed E-state index contributed by atoms with van der Waals surface area (Å²) in [7, 11) is 0. The van der Waals surface area contributed by atoms with Crippen LogP contribution in [0.4, 0.5) is 23.4 Å². The Morgan fingerprint density at radius 2 is 1.87 bits per heavy atom. The molecule has 2 aliphatic heterocycles. The molecule has 6 nitrogen and oxygen atoms in total. The number of anilines is 1. The summed E-state index contributed by atoms with van der Waals surface area (Å²) in [5, 5.41) is 10.6. The summed E-state index contributed by atoms with van der Waals surface area (Å²) < 4.78 is 61.1. The average Bonchev–Trinajstić information content (AvgIpc) is 3.41. The van der Waals surface area contributed by atoms with Crippen LogP contribution in [0.2, 0.25) is 0 Å². The van der Waals surface area contributed by atoms with Crippen molar-refractivity contribution in [2.45, 2.75) is 50.6 Å². The summed E-state index contributed by atoms with van der Waals surface area (Å²) in [5.74, 6) is -0.645. The molecule has 10 heteroatoms. The zero-order chi connectivity index (χ0) is 26.9. The molecule has 3 aromatic rings. The van der Waals surface area contributed by atoms with Gasteiger partial charge < -0.3 is 19.6 Å². The smallest absolute Gasteiger partial charge is 0.393 e. The van der Waals surface area contributed by atoms with Gasteiger partial charge in [-0.2, -0.15) is 13.2 Å². The first-order valence-corrected chi connectivity index (χ1v) is 12.8. The maximum Gasteiger partial charge on any atom is 0.417 e. The highest BCUT2D eigenvalue weighted by Gasteiger charge is 2.37. The van der Waals surface area contributed by atoms with E-state index in [4.69, 9.17) is 9.72 Å². The molecule has 202 valence electrons. The van der Waals surface area contributed by atoms with E-state index in [2.05, 4.69) is 0 Å². The molecule has 2 aromatic carbocycles. The van der Waals surface area contributed by atoms with Gasteiger partial charge >= 0.3 is 6.18 Å². The van der Waals surface area contributed by atoms with Gasteiger partial charge in [0.15, 0.2) is 0 Å². The Hall–Kier alpha value is -3.24. The molecular formula is C28H29F4N3O3. The fourth-order valence-corrected chi connectivity index (χ4v) is 5.19. The van der Waals surface area contributed by atoms with Gasteiger partial charge in [0.2, 0.25) is 0 Å². The minimum atomic E-state index is -4.68. The van der Waals surface area contributed by atoms with E-state index in [1.807, 2.05) is 11.0 Å². The monoisotopic (exact) mass is 531 g/mol. The molecule has 3 heterocycles. The second-order valence-corrected chi connectivity index (χ2v) is 9.89. The summed E-state index contributed by atoms with van der Waals surface area (Å²) in [5.41, 5.74) is -0.332. The van der Waals surface area contributed by atoms with E-state index >= 15 is 0 Å². The normalized spacial score (nSPS) is 18.8. The fraction of sp³-hybridized carbons (Fsp3) is 0.429. The number of aliphatic hydroxyl groups is 1. The van der Waals surface area contributed by atoms with Crippen LogP contribution in [0.3, 0.4) is 0 Å². The Bertz CT molecular complexity index is 1300. The standard InChI is InChI=1S/C28H29F4N3O3/c29-20-8-7-18-14-19(26(33-25(18)15-20)34-11-9-21(36)10-12-34)16-35(17-22-4-3-13-38-22)27(37)23-5-1-2-6-24(23)28(30,31)32/h1-2,5-8,14-15,21-22,36H,3-4,9-13,16-17H2. The number of alkyl halides is 3. The van der Waals surface area contributed by atoms with Crippen LogP contribution in [-0.4, -0.2) is 59.3 Å². The molecule has 5 rings (SSSR count). The maximum atomic E-state index is 14.0. The molecule has 1 N–H and O–H groups in total. The van der Waals surface area contributed by atoms with Gasteiger partial charge in [0, 0.05) is 49.8 Å². The van der Waals surface area contributed by atoms with E-state index in [1.54, 1.807) is 6.07 Å². The Balaban J connectivity index is 1.55. The largest absolute Gasteiger partial charge is 0.417 e. The number of pyridine rings is 1. The van der Waals surface area contributed by atoms with Crippen molar-refractivity contribution in [2.24, 2.45) is 0 Å². The fourth-order valence-electron chi connectivity index (χ4n) is 5.19. The van der Waals surface area contributed by atoms with E-state index in [0.717, 1.165) is 12.5 Å². The van der Waals surface area contributed by atoms with Crippen LogP contribution in [0.1, 0.15) is 47.2 Å². The van der Waals surface area contributed by atoms with Crippen molar-refractivity contribution >= 4 is 22.6 Å². The van der Waals surface area contributed by atoms with Gasteiger partial charge in [-0.15, -0.1) is 0 Å². The number of carbonyl (C=O) groups excluding carboxylic acids is 1. The number of piperidine rings is 1. The molecular weight excluding hydrogens is 502 g/mol. The van der Waals surface area contributed by atoms with E-state index in [-0.39, 0.29) is 19.2 Å². The Morgan fingerprint density at radius 3 is 2.58 bits per heavy atom. The average molecular weight is 532 g/mol. The third kappa shape index (κ3) is 5.76. The van der Waals surface area contributed by atoms with Crippen LogP contribution >= 0.6 is 0 Å². The molecule has 1 amide bonds. The van der Waals surface area contributed by atoms with E-state index in [9.17, 15) is 27.5 Å². The van der Waals surface area contributed by atoms with Crippen LogP contribution in [0.5, 0.6) is 0 Å². The van der Waals surface area contributed by atoms with Crippen molar-refractivity contribution in [3.63, 3.8) is 0 Å². The number of aromatic nitrogens is 1. The second-order valence-electron chi connectivity index (χ2n) is 9.89. The van der Waals surface area contributed by atoms with Gasteiger partial charge in [0.05, 0.1) is 28.9 Å². The van der Waals surface area contributed by atoms with Gasteiger partial charge in [0.1, 0.15) is 11.6 Å². The number of nitrogens with zero attached hydrogens (tertiary/aromatic N) is 3. The summed E-state index contributed by atoms with van der Waals surface area (Å²) >= 11 is 0. The van der Waals surface area contributed by atoms with Crippen LogP contribution in [0.25, 0.3) is 10.9 Å². The minimum absolute atomic E-state index is 0.000409. The van der Waals surface area contributed by atoms with Gasteiger partial charge in [0.25, 0.3) is 5.91 Å². The number of aliphatic hydroxyl groups excluding tert-OH is 1. The highest BCUT2D eigenvalue weighted by Crippen LogP contribution is 2.34. The summed E-state index contributed by atoms with van der Waals surface area (Å²) in [6.07, 6.45) is -2.82. The van der Waals surface area contributed by atoms with Crippen LogP contribution in [0, 0.1) is 5.82 Å². The van der Waals surface area contributed by atoms with Gasteiger partial charge in [-0.1, -0.05) is 12.1 Å². The third-order valence-corrected chi connectivity index (χ3v) is 7.16. The Kier molecular flexibility index (Phi) is 7.54. The lowest BCUT2D eigenvalue weighted by atomic mass is 10.0. The molecule has 0 bridgehead atoms. The first kappa shape index (κ1) is 26.4. The maximum absolute atomic E-state index is 14.0. The zero-order valence-corrected chi connectivity index (χ0v) is 20.8. The van der Waals surface area contributed by atoms with E-state index < -0.39 is 35.1 Å². The van der Waals surface area contributed by atoms with Crippen molar-refractivity contribution in [2.75, 3.05) is 31.1 Å². The first-order valence-electron chi connectivity index (χ1n) is 12.8. The van der Waals surface area contributed by atoms with Crippen LogP contribution < -0.4 is 4.90 Å². The van der Waals surface area contributed by atoms with Gasteiger partial charge in [-0.25, -0.2) is 9.37 Å². The topological polar surface area (TPSA) is 65.9 Å². The molecule has 2 fully saturated rings. The quantitative estimate of drug-likeness (QED) is 0.445. The van der Waals surface area contributed by atoms with Crippen molar-refractivity contribution < 1.29 is 32.2 Å². The number of fused-ring (bicyclic) bond motifs is 1. The molecule has 0 spiro atoms. The molecule has 2 saturated heterocycles. The highest BCUT2D eigenvalue weighted by molar-refractivity contribution is 5.96. The number of carbonyl (C=O) groups is 1. The molecule has 1 atom stereocenters. The molecule has 0 aliphatic carbocycles. The second kappa shape index (κ2) is 10.9. The Labute approximate surface area is 217 Å². The number of amides is 1. The first-order chi connectivity index (χ1) is 18.2. The number of ether oxygens (including phenoxy) is 1. The van der Waals surface area contributed by atoms with Crippen molar-refractivity contribution in [1.29, 1.82) is 0 Å². The van der Waals surface area contributed by atoms with Crippen LogP contribution in [-0.2, 0) is 17.5 Å².